The van der Waals surface area contributed by atoms with Crippen molar-refractivity contribution in [3.63, 3.8) is 0 Å². The average Bonchev–Trinajstić information content (AvgIpc) is 2.61. The average molecular weight is 312 g/mol. The fourth-order valence-corrected chi connectivity index (χ4v) is 2.62. The second kappa shape index (κ2) is 9.36. The van der Waals surface area contributed by atoms with E-state index in [2.05, 4.69) is 50.2 Å². The molecule has 1 unspecified atom stereocenters. The number of unbranched alkanes of at least 4 members (excludes halogenated alkanes) is 3. The monoisotopic (exact) mass is 312 g/mol. The van der Waals surface area contributed by atoms with Crippen molar-refractivity contribution in [3.05, 3.63) is 54.1 Å². The third kappa shape index (κ3) is 5.40. The zero-order valence-electron chi connectivity index (χ0n) is 14.5. The number of hydrogen-bond donors (Lipinski definition) is 0. The van der Waals surface area contributed by atoms with Gasteiger partial charge in [0.05, 0.1) is 13.2 Å². The summed E-state index contributed by atoms with van der Waals surface area (Å²) < 4.78 is 11.1. The largest absolute Gasteiger partial charge is 0.497 e. The molecular formula is C21H28O2. The van der Waals surface area contributed by atoms with Crippen LogP contribution in [0, 0.1) is 0 Å². The van der Waals surface area contributed by atoms with Crippen LogP contribution < -0.4 is 4.74 Å². The van der Waals surface area contributed by atoms with Gasteiger partial charge in [0.1, 0.15) is 5.75 Å². The summed E-state index contributed by atoms with van der Waals surface area (Å²) in [6.07, 6.45) is 5.14. The van der Waals surface area contributed by atoms with Gasteiger partial charge in [0.25, 0.3) is 0 Å². The summed E-state index contributed by atoms with van der Waals surface area (Å²) in [5.74, 6) is 0.885. The van der Waals surface area contributed by atoms with E-state index >= 15 is 0 Å². The molecule has 2 aromatic rings. The second-order valence-electron chi connectivity index (χ2n) is 5.92. The molecule has 124 valence electrons. The van der Waals surface area contributed by atoms with E-state index < -0.39 is 0 Å². The van der Waals surface area contributed by atoms with Crippen molar-refractivity contribution in [2.24, 2.45) is 0 Å². The molecule has 0 N–H and O–H groups in total. The van der Waals surface area contributed by atoms with Gasteiger partial charge in [-0.05, 0) is 42.2 Å². The number of benzene rings is 2. The van der Waals surface area contributed by atoms with E-state index in [1.807, 2.05) is 12.1 Å². The zero-order chi connectivity index (χ0) is 16.5. The van der Waals surface area contributed by atoms with E-state index in [1.165, 1.54) is 36.0 Å². The smallest absolute Gasteiger partial charge is 0.118 e. The summed E-state index contributed by atoms with van der Waals surface area (Å²) in [5, 5.41) is 0. The Balaban J connectivity index is 1.90. The van der Waals surface area contributed by atoms with Crippen molar-refractivity contribution in [1.82, 2.24) is 0 Å². The molecule has 2 nitrogen and oxygen atoms in total. The van der Waals surface area contributed by atoms with Crippen molar-refractivity contribution >= 4 is 0 Å². The summed E-state index contributed by atoms with van der Waals surface area (Å²) in [6.45, 7) is 5.21. The van der Waals surface area contributed by atoms with Crippen LogP contribution in [-0.4, -0.2) is 13.7 Å². The number of hydrogen-bond acceptors (Lipinski definition) is 2. The normalized spacial score (nSPS) is 12.1. The van der Waals surface area contributed by atoms with Gasteiger partial charge in [-0.2, -0.15) is 0 Å². The van der Waals surface area contributed by atoms with Gasteiger partial charge < -0.3 is 9.47 Å². The Bertz CT molecular complexity index is 557. The highest BCUT2D eigenvalue weighted by Crippen LogP contribution is 2.25. The maximum absolute atomic E-state index is 5.93. The second-order valence-corrected chi connectivity index (χ2v) is 5.92. The standard InChI is InChI=1S/C21H28O2/c1-4-5-6-7-16-23-17(2)18-8-10-19(11-9-18)20-12-14-21(22-3)15-13-20/h8-15,17H,4-7,16H2,1-3H3. The lowest BCUT2D eigenvalue weighted by molar-refractivity contribution is 0.0628. The van der Waals surface area contributed by atoms with Crippen molar-refractivity contribution in [3.8, 4) is 16.9 Å². The number of ether oxygens (including phenoxy) is 2. The third-order valence-corrected chi connectivity index (χ3v) is 4.17. The van der Waals surface area contributed by atoms with Crippen LogP contribution in [0.5, 0.6) is 5.75 Å². The minimum atomic E-state index is 0.154. The molecule has 0 radical (unpaired) electrons. The quantitative estimate of drug-likeness (QED) is 0.527. The van der Waals surface area contributed by atoms with Gasteiger partial charge in [-0.1, -0.05) is 62.6 Å². The van der Waals surface area contributed by atoms with E-state index in [0.29, 0.717) is 0 Å². The van der Waals surface area contributed by atoms with Crippen LogP contribution in [0.2, 0.25) is 0 Å². The van der Waals surface area contributed by atoms with Gasteiger partial charge in [0, 0.05) is 6.61 Å². The van der Waals surface area contributed by atoms with Crippen LogP contribution in [0.25, 0.3) is 11.1 Å². The van der Waals surface area contributed by atoms with Gasteiger partial charge >= 0.3 is 0 Å². The van der Waals surface area contributed by atoms with E-state index in [-0.39, 0.29) is 6.10 Å². The minimum absolute atomic E-state index is 0.154. The fraction of sp³-hybridized carbons (Fsp3) is 0.429. The van der Waals surface area contributed by atoms with Gasteiger partial charge in [-0.15, -0.1) is 0 Å². The van der Waals surface area contributed by atoms with E-state index in [0.717, 1.165) is 18.8 Å². The molecule has 0 heterocycles. The fourth-order valence-electron chi connectivity index (χ4n) is 2.62. The molecule has 2 aromatic carbocycles. The van der Waals surface area contributed by atoms with Gasteiger partial charge in [-0.25, -0.2) is 0 Å². The molecule has 0 aliphatic carbocycles. The molecular weight excluding hydrogens is 284 g/mol. The van der Waals surface area contributed by atoms with Crippen molar-refractivity contribution in [2.75, 3.05) is 13.7 Å². The maximum atomic E-state index is 5.93. The molecule has 1 atom stereocenters. The van der Waals surface area contributed by atoms with E-state index in [4.69, 9.17) is 9.47 Å². The Morgan fingerprint density at radius 3 is 2.00 bits per heavy atom. The molecule has 0 aliphatic rings. The topological polar surface area (TPSA) is 18.5 Å². The molecule has 0 amide bonds. The highest BCUT2D eigenvalue weighted by atomic mass is 16.5. The summed E-state index contributed by atoms with van der Waals surface area (Å²) in [5.41, 5.74) is 3.65. The van der Waals surface area contributed by atoms with Crippen LogP contribution in [0.15, 0.2) is 48.5 Å². The lowest BCUT2D eigenvalue weighted by Gasteiger charge is -2.14. The molecule has 0 fully saturated rings. The molecule has 23 heavy (non-hydrogen) atoms. The summed E-state index contributed by atoms with van der Waals surface area (Å²) >= 11 is 0. The Morgan fingerprint density at radius 2 is 1.43 bits per heavy atom. The van der Waals surface area contributed by atoms with Crippen LogP contribution in [0.3, 0.4) is 0 Å². The highest BCUT2D eigenvalue weighted by molar-refractivity contribution is 5.64. The van der Waals surface area contributed by atoms with Crippen LogP contribution in [-0.2, 0) is 4.74 Å². The first kappa shape index (κ1) is 17.6. The first-order valence-electron chi connectivity index (χ1n) is 8.60. The lowest BCUT2D eigenvalue weighted by atomic mass is 10.0. The van der Waals surface area contributed by atoms with Gasteiger partial charge in [0.2, 0.25) is 0 Å². The minimum Gasteiger partial charge on any atom is -0.497 e. The highest BCUT2D eigenvalue weighted by Gasteiger charge is 2.06. The lowest BCUT2D eigenvalue weighted by Crippen LogP contribution is -2.01. The molecule has 0 aliphatic heterocycles. The summed E-state index contributed by atoms with van der Waals surface area (Å²) in [7, 11) is 1.69. The Morgan fingerprint density at radius 1 is 0.826 bits per heavy atom. The van der Waals surface area contributed by atoms with Gasteiger partial charge in [0.15, 0.2) is 0 Å². The number of methoxy groups -OCH3 is 1. The first-order chi connectivity index (χ1) is 11.2. The molecule has 0 saturated carbocycles. The predicted octanol–water partition coefficient (Wildman–Crippen LogP) is 6.02. The SMILES string of the molecule is CCCCCCOC(C)c1ccc(-c2ccc(OC)cc2)cc1. The summed E-state index contributed by atoms with van der Waals surface area (Å²) in [6, 6.07) is 16.8. The van der Waals surface area contributed by atoms with Crippen molar-refractivity contribution in [2.45, 2.75) is 45.6 Å². The zero-order valence-corrected chi connectivity index (χ0v) is 14.5. The maximum Gasteiger partial charge on any atom is 0.118 e. The van der Waals surface area contributed by atoms with Crippen LogP contribution in [0.4, 0.5) is 0 Å². The Kier molecular flexibility index (Phi) is 7.15. The molecule has 0 bridgehead atoms. The molecule has 2 heteroatoms. The van der Waals surface area contributed by atoms with Gasteiger partial charge in [-0.3, -0.25) is 0 Å². The third-order valence-electron chi connectivity index (χ3n) is 4.17. The van der Waals surface area contributed by atoms with E-state index in [9.17, 15) is 0 Å². The van der Waals surface area contributed by atoms with E-state index in [1.54, 1.807) is 7.11 Å². The molecule has 0 spiro atoms. The first-order valence-corrected chi connectivity index (χ1v) is 8.60. The molecule has 0 saturated heterocycles. The van der Waals surface area contributed by atoms with Crippen molar-refractivity contribution < 1.29 is 9.47 Å². The predicted molar refractivity (Wildman–Crippen MR) is 96.9 cm³/mol. The molecule has 0 aromatic heterocycles. The van der Waals surface area contributed by atoms with Crippen LogP contribution >= 0.6 is 0 Å². The van der Waals surface area contributed by atoms with Crippen LogP contribution in [0.1, 0.15) is 51.2 Å². The Hall–Kier alpha value is -1.80. The van der Waals surface area contributed by atoms with Crippen molar-refractivity contribution in [1.29, 1.82) is 0 Å². The Labute approximate surface area is 140 Å². The summed E-state index contributed by atoms with van der Waals surface area (Å²) in [4.78, 5) is 0. The molecule has 2 rings (SSSR count). The number of rotatable bonds is 9.